The van der Waals surface area contributed by atoms with Gasteiger partial charge in [0.1, 0.15) is 5.92 Å². The van der Waals surface area contributed by atoms with Gasteiger partial charge < -0.3 is 10.6 Å². The summed E-state index contributed by atoms with van der Waals surface area (Å²) < 4.78 is 0. The Morgan fingerprint density at radius 1 is 1.23 bits per heavy atom. The molecular weight excluding hydrogens is 410 g/mol. The van der Waals surface area contributed by atoms with Crippen molar-refractivity contribution in [1.82, 2.24) is 10.3 Å². The molecule has 1 atom stereocenters. The SMILES string of the molecule is N#CC1=C(SCC(=O)Nc2cccc3cccnc23)NC(=O)[C@@H](C#N)C12CCCCC2. The van der Waals surface area contributed by atoms with E-state index < -0.39 is 11.3 Å². The first-order chi connectivity index (χ1) is 15.1. The van der Waals surface area contributed by atoms with E-state index in [2.05, 4.69) is 27.8 Å². The Hall–Kier alpha value is -3.36. The molecule has 1 aliphatic heterocycles. The van der Waals surface area contributed by atoms with Gasteiger partial charge in [-0.1, -0.05) is 49.2 Å². The van der Waals surface area contributed by atoms with Gasteiger partial charge in [-0.25, -0.2) is 0 Å². The van der Waals surface area contributed by atoms with E-state index >= 15 is 0 Å². The van der Waals surface area contributed by atoms with Crippen LogP contribution in [-0.4, -0.2) is 22.6 Å². The number of carbonyl (C=O) groups excluding carboxylic acids is 2. The van der Waals surface area contributed by atoms with Crippen molar-refractivity contribution in [2.75, 3.05) is 11.1 Å². The standard InChI is InChI=1S/C23H21N5O2S/c24-12-16-21(30)28-22(17(13-25)23(16)9-2-1-3-10-23)31-14-19(29)27-18-8-4-6-15-7-5-11-26-20(15)18/h4-8,11,16H,1-3,9-10,14H2,(H,27,29)(H,28,30)/t16-/m1/s1. The average Bonchev–Trinajstić information content (AvgIpc) is 2.79. The van der Waals surface area contributed by atoms with E-state index in [1.165, 1.54) is 0 Å². The van der Waals surface area contributed by atoms with E-state index in [9.17, 15) is 20.1 Å². The number of nitrogens with one attached hydrogen (secondary N) is 2. The van der Waals surface area contributed by atoms with E-state index in [-0.39, 0.29) is 17.6 Å². The van der Waals surface area contributed by atoms with Crippen LogP contribution in [0.2, 0.25) is 0 Å². The van der Waals surface area contributed by atoms with Crippen LogP contribution in [-0.2, 0) is 9.59 Å². The zero-order valence-electron chi connectivity index (χ0n) is 16.9. The lowest BCUT2D eigenvalue weighted by Gasteiger charge is -2.43. The maximum atomic E-state index is 12.7. The summed E-state index contributed by atoms with van der Waals surface area (Å²) in [4.78, 5) is 29.6. The largest absolute Gasteiger partial charge is 0.323 e. The Morgan fingerprint density at radius 2 is 2.00 bits per heavy atom. The van der Waals surface area contributed by atoms with Crippen LogP contribution in [0.3, 0.4) is 0 Å². The minimum Gasteiger partial charge on any atom is -0.323 e. The topological polar surface area (TPSA) is 119 Å². The van der Waals surface area contributed by atoms with Crippen molar-refractivity contribution >= 4 is 40.2 Å². The number of benzene rings is 1. The molecule has 0 saturated heterocycles. The lowest BCUT2D eigenvalue weighted by atomic mass is 9.61. The van der Waals surface area contributed by atoms with Crippen molar-refractivity contribution in [2.24, 2.45) is 11.3 Å². The van der Waals surface area contributed by atoms with E-state index in [1.54, 1.807) is 12.3 Å². The molecule has 4 rings (SSSR count). The summed E-state index contributed by atoms with van der Waals surface area (Å²) in [6, 6.07) is 13.7. The Labute approximate surface area is 184 Å². The van der Waals surface area contributed by atoms with Gasteiger partial charge in [0.2, 0.25) is 11.8 Å². The highest BCUT2D eigenvalue weighted by atomic mass is 32.2. The van der Waals surface area contributed by atoms with Crippen LogP contribution < -0.4 is 10.6 Å². The van der Waals surface area contributed by atoms with Crippen molar-refractivity contribution in [2.45, 2.75) is 32.1 Å². The lowest BCUT2D eigenvalue weighted by Crippen LogP contribution is -2.48. The number of nitriles is 2. The number of para-hydroxylation sites is 1. The fraction of sp³-hybridized carbons (Fsp3) is 0.348. The van der Waals surface area contributed by atoms with Crippen molar-refractivity contribution < 1.29 is 9.59 Å². The number of fused-ring (bicyclic) bond motifs is 1. The number of rotatable bonds is 4. The minimum absolute atomic E-state index is 0.0251. The molecule has 1 saturated carbocycles. The molecule has 0 bridgehead atoms. The molecule has 7 nitrogen and oxygen atoms in total. The molecule has 2 aromatic rings. The van der Waals surface area contributed by atoms with E-state index in [0.717, 1.165) is 36.4 Å². The molecule has 1 fully saturated rings. The predicted molar refractivity (Wildman–Crippen MR) is 118 cm³/mol. The molecule has 31 heavy (non-hydrogen) atoms. The predicted octanol–water partition coefficient (Wildman–Crippen LogP) is 3.86. The fourth-order valence-electron chi connectivity index (χ4n) is 4.57. The van der Waals surface area contributed by atoms with Gasteiger partial charge >= 0.3 is 0 Å². The number of hydrogen-bond acceptors (Lipinski definition) is 6. The van der Waals surface area contributed by atoms with Crippen LogP contribution in [0.25, 0.3) is 10.9 Å². The number of pyridine rings is 1. The number of allylic oxidation sites excluding steroid dienone is 1. The quantitative estimate of drug-likeness (QED) is 0.759. The van der Waals surface area contributed by atoms with Crippen molar-refractivity contribution in [3.05, 3.63) is 47.1 Å². The minimum atomic E-state index is -0.873. The van der Waals surface area contributed by atoms with Gasteiger partial charge in [0, 0.05) is 17.0 Å². The molecule has 2 heterocycles. The second-order valence-corrected chi connectivity index (χ2v) is 8.79. The van der Waals surface area contributed by atoms with Crippen LogP contribution in [0.5, 0.6) is 0 Å². The number of hydrogen-bond donors (Lipinski definition) is 2. The van der Waals surface area contributed by atoms with Crippen molar-refractivity contribution in [1.29, 1.82) is 10.5 Å². The second kappa shape index (κ2) is 8.79. The Morgan fingerprint density at radius 3 is 2.74 bits per heavy atom. The fourth-order valence-corrected chi connectivity index (χ4v) is 5.48. The molecular formula is C23H21N5O2S. The molecule has 2 N–H and O–H groups in total. The summed E-state index contributed by atoms with van der Waals surface area (Å²) in [5, 5.41) is 26.4. The molecule has 1 aliphatic carbocycles. The van der Waals surface area contributed by atoms with Gasteiger partial charge in [0.15, 0.2) is 0 Å². The summed E-state index contributed by atoms with van der Waals surface area (Å²) in [6.45, 7) is 0. The number of aromatic nitrogens is 1. The van der Waals surface area contributed by atoms with Gasteiger partial charge in [0.05, 0.1) is 39.7 Å². The third-order valence-corrected chi connectivity index (χ3v) is 7.02. The second-order valence-electron chi connectivity index (χ2n) is 7.80. The maximum absolute atomic E-state index is 12.7. The normalized spacial score (nSPS) is 20.1. The summed E-state index contributed by atoms with van der Waals surface area (Å²) in [5.41, 5.74) is 0.994. The molecule has 2 amide bonds. The van der Waals surface area contributed by atoms with Gasteiger partial charge in [-0.3, -0.25) is 14.6 Å². The number of amides is 2. The average molecular weight is 432 g/mol. The Balaban J connectivity index is 1.55. The Bertz CT molecular complexity index is 1150. The summed E-state index contributed by atoms with van der Waals surface area (Å²) in [6.07, 6.45) is 5.74. The van der Waals surface area contributed by atoms with E-state index in [1.807, 2.05) is 24.3 Å². The zero-order valence-corrected chi connectivity index (χ0v) is 17.7. The zero-order chi connectivity index (χ0) is 21.8. The van der Waals surface area contributed by atoms with Gasteiger partial charge in [-0.15, -0.1) is 0 Å². The number of thioether (sulfide) groups is 1. The van der Waals surface area contributed by atoms with Crippen LogP contribution >= 0.6 is 11.8 Å². The first kappa shape index (κ1) is 20.9. The van der Waals surface area contributed by atoms with Crippen LogP contribution in [0.1, 0.15) is 32.1 Å². The van der Waals surface area contributed by atoms with Crippen molar-refractivity contribution in [3.63, 3.8) is 0 Å². The summed E-state index contributed by atoms with van der Waals surface area (Å²) >= 11 is 1.13. The van der Waals surface area contributed by atoms with Gasteiger partial charge in [0.25, 0.3) is 0 Å². The van der Waals surface area contributed by atoms with Gasteiger partial charge in [-0.2, -0.15) is 10.5 Å². The number of anilines is 1. The molecule has 0 radical (unpaired) electrons. The van der Waals surface area contributed by atoms with Gasteiger partial charge in [-0.05, 0) is 25.0 Å². The first-order valence-electron chi connectivity index (χ1n) is 10.2. The van der Waals surface area contributed by atoms with Crippen LogP contribution in [0.15, 0.2) is 47.1 Å². The van der Waals surface area contributed by atoms with Crippen molar-refractivity contribution in [3.8, 4) is 12.1 Å². The molecule has 1 aromatic carbocycles. The highest BCUT2D eigenvalue weighted by Gasteiger charge is 2.51. The summed E-state index contributed by atoms with van der Waals surface area (Å²) in [5.74, 6) is -1.49. The number of carbonyl (C=O) groups is 2. The van der Waals surface area contributed by atoms with Crippen LogP contribution in [0, 0.1) is 34.0 Å². The molecule has 1 spiro atoms. The number of nitrogens with zero attached hydrogens (tertiary/aromatic N) is 3. The van der Waals surface area contributed by atoms with E-state index in [0.29, 0.717) is 34.6 Å². The smallest absolute Gasteiger partial charge is 0.243 e. The third kappa shape index (κ3) is 3.87. The van der Waals surface area contributed by atoms with Crippen LogP contribution in [0.4, 0.5) is 5.69 Å². The summed E-state index contributed by atoms with van der Waals surface area (Å²) in [7, 11) is 0. The Kier molecular flexibility index (Phi) is 5.92. The molecule has 156 valence electrons. The molecule has 0 unspecified atom stereocenters. The third-order valence-electron chi connectivity index (χ3n) is 6.02. The monoisotopic (exact) mass is 431 g/mol. The highest BCUT2D eigenvalue weighted by Crippen LogP contribution is 2.51. The molecule has 1 aromatic heterocycles. The first-order valence-corrected chi connectivity index (χ1v) is 11.2. The lowest BCUT2D eigenvalue weighted by molar-refractivity contribution is -0.126. The maximum Gasteiger partial charge on any atom is 0.243 e. The van der Waals surface area contributed by atoms with E-state index in [4.69, 9.17) is 0 Å². The molecule has 2 aliphatic rings. The molecule has 8 heteroatoms. The highest BCUT2D eigenvalue weighted by molar-refractivity contribution is 8.03.